The zero-order valence-electron chi connectivity index (χ0n) is 8.97. The molecule has 1 N–H and O–H groups in total. The summed E-state index contributed by atoms with van der Waals surface area (Å²) in [6, 6.07) is 0.538. The standard InChI is InChI=1S/C10H18I2NO2/c1-3-15-10(14)9-5-4-8(13-9)6-12-7-11-2/h8-9,13H,2-7H2,1H3/q-1/t8?,9-/m0/s1. The molecular formula is C10H18I2NO2-. The molecule has 2 atom stereocenters. The summed E-state index contributed by atoms with van der Waals surface area (Å²) in [7, 11) is 0. The number of hydrogen-bond donors (Lipinski definition) is 1. The summed E-state index contributed by atoms with van der Waals surface area (Å²) < 4.78 is 11.7. The number of esters is 1. The molecule has 5 heteroatoms. The van der Waals surface area contributed by atoms with Crippen LogP contribution in [0.4, 0.5) is 0 Å². The van der Waals surface area contributed by atoms with Crippen molar-refractivity contribution in [1.82, 2.24) is 5.32 Å². The van der Waals surface area contributed by atoms with Gasteiger partial charge in [-0.05, 0) is 0 Å². The Morgan fingerprint density at radius 3 is 3.13 bits per heavy atom. The van der Waals surface area contributed by atoms with Crippen molar-refractivity contribution in [2.75, 3.05) is 13.5 Å². The SMILES string of the molecule is C=IC[I-]CC1CC[C@@H](C(=O)OCC)N1. The number of carbonyl (C=O) groups is 1. The van der Waals surface area contributed by atoms with Gasteiger partial charge in [-0.2, -0.15) is 0 Å². The molecule has 0 radical (unpaired) electrons. The predicted molar refractivity (Wildman–Crippen MR) is 67.5 cm³/mol. The molecule has 0 aromatic carbocycles. The molecule has 1 heterocycles. The van der Waals surface area contributed by atoms with Gasteiger partial charge in [0, 0.05) is 0 Å². The normalized spacial score (nSPS) is 25.7. The molecule has 1 fully saturated rings. The molecule has 15 heavy (non-hydrogen) atoms. The Kier molecular flexibility index (Phi) is 7.32. The molecule has 0 aromatic heterocycles. The van der Waals surface area contributed by atoms with Crippen LogP contribution in [0.3, 0.4) is 0 Å². The van der Waals surface area contributed by atoms with E-state index in [1.807, 2.05) is 6.92 Å². The summed E-state index contributed by atoms with van der Waals surface area (Å²) in [5.74, 6) is -0.0669. The predicted octanol–water partition coefficient (Wildman–Crippen LogP) is -1.88. The van der Waals surface area contributed by atoms with E-state index in [1.165, 1.54) is 6.86 Å². The summed E-state index contributed by atoms with van der Waals surface area (Å²) in [5.41, 5.74) is 0. The Balaban J connectivity index is 2.20. The second kappa shape index (κ2) is 7.94. The first-order chi connectivity index (χ1) is 7.27. The molecule has 0 bridgehead atoms. The first kappa shape index (κ1) is 13.8. The van der Waals surface area contributed by atoms with Crippen LogP contribution in [-0.2, 0) is 9.53 Å². The second-order valence-electron chi connectivity index (χ2n) is 3.38. The number of rotatable bonds is 6. The van der Waals surface area contributed by atoms with E-state index < -0.39 is 0 Å². The molecule has 0 saturated carbocycles. The molecule has 1 rings (SSSR count). The van der Waals surface area contributed by atoms with E-state index in [-0.39, 0.29) is 32.7 Å². The van der Waals surface area contributed by atoms with Gasteiger partial charge in [-0.25, -0.2) is 0 Å². The van der Waals surface area contributed by atoms with Gasteiger partial charge in [-0.3, -0.25) is 0 Å². The van der Waals surface area contributed by atoms with E-state index in [0.717, 1.165) is 12.8 Å². The topological polar surface area (TPSA) is 38.3 Å². The summed E-state index contributed by atoms with van der Waals surface area (Å²) in [6.07, 6.45) is 2.09. The molecule has 1 aliphatic rings. The van der Waals surface area contributed by atoms with E-state index in [2.05, 4.69) is 9.83 Å². The van der Waals surface area contributed by atoms with Crippen molar-refractivity contribution in [3.63, 3.8) is 0 Å². The minimum absolute atomic E-state index is 0.0339. The average Bonchev–Trinajstić information content (AvgIpc) is 2.67. The van der Waals surface area contributed by atoms with Crippen LogP contribution in [-0.4, -0.2) is 36.0 Å². The van der Waals surface area contributed by atoms with Gasteiger partial charge in [0.05, 0.1) is 0 Å². The van der Waals surface area contributed by atoms with Crippen molar-refractivity contribution in [2.45, 2.75) is 31.8 Å². The van der Waals surface area contributed by atoms with Gasteiger partial charge in [-0.1, -0.05) is 0 Å². The molecule has 90 valence electrons. The van der Waals surface area contributed by atoms with Crippen molar-refractivity contribution in [3.8, 4) is 0 Å². The Bertz CT molecular complexity index is 223. The van der Waals surface area contributed by atoms with Gasteiger partial charge in [0.2, 0.25) is 0 Å². The summed E-state index contributed by atoms with van der Waals surface area (Å²) >= 11 is 0.571. The van der Waals surface area contributed by atoms with Crippen LogP contribution in [0.25, 0.3) is 0 Å². The Labute approximate surface area is 112 Å². The average molecular weight is 438 g/mol. The maximum atomic E-state index is 11.4. The number of hydrogen-bond acceptors (Lipinski definition) is 3. The third-order valence-electron chi connectivity index (χ3n) is 2.25. The fourth-order valence-electron chi connectivity index (χ4n) is 1.59. The van der Waals surface area contributed by atoms with Crippen LogP contribution in [0.2, 0.25) is 0 Å². The molecule has 0 amide bonds. The first-order valence-corrected chi connectivity index (χ1v) is 11.2. The van der Waals surface area contributed by atoms with E-state index in [0.29, 0.717) is 33.9 Å². The number of halogens is 2. The molecule has 0 aliphatic carbocycles. The number of ether oxygens (including phenoxy) is 1. The third kappa shape index (κ3) is 5.08. The molecule has 3 nitrogen and oxygen atoms in total. The molecule has 0 aromatic rings. The van der Waals surface area contributed by atoms with Crippen LogP contribution in [0.15, 0.2) is 0 Å². The van der Waals surface area contributed by atoms with Gasteiger partial charge >= 0.3 is 113 Å². The van der Waals surface area contributed by atoms with Crippen LogP contribution in [0.1, 0.15) is 19.8 Å². The van der Waals surface area contributed by atoms with Crippen molar-refractivity contribution in [1.29, 1.82) is 0 Å². The molecule has 1 unspecified atom stereocenters. The fourth-order valence-corrected chi connectivity index (χ4v) is 7.08. The number of nitrogens with one attached hydrogen (secondary N) is 1. The van der Waals surface area contributed by atoms with E-state index in [4.69, 9.17) is 4.74 Å². The van der Waals surface area contributed by atoms with Crippen LogP contribution < -0.4 is 26.5 Å². The van der Waals surface area contributed by atoms with Gasteiger partial charge in [-0.15, -0.1) is 0 Å². The van der Waals surface area contributed by atoms with Crippen LogP contribution in [0, 0.1) is 0 Å². The van der Waals surface area contributed by atoms with Crippen molar-refractivity contribution < 1.29 is 30.7 Å². The fraction of sp³-hybridized carbons (Fsp3) is 0.800. The van der Waals surface area contributed by atoms with Crippen LogP contribution in [0.5, 0.6) is 0 Å². The van der Waals surface area contributed by atoms with E-state index >= 15 is 0 Å². The Morgan fingerprint density at radius 1 is 1.67 bits per heavy atom. The van der Waals surface area contributed by atoms with Crippen LogP contribution >= 0.6 is 20.7 Å². The van der Waals surface area contributed by atoms with E-state index in [1.54, 1.807) is 0 Å². The zero-order chi connectivity index (χ0) is 11.1. The zero-order valence-corrected chi connectivity index (χ0v) is 13.3. The quantitative estimate of drug-likeness (QED) is 0.229. The molecule has 1 saturated heterocycles. The first-order valence-electron chi connectivity index (χ1n) is 5.06. The summed E-state index contributed by atoms with van der Waals surface area (Å²) in [6.45, 7) is 2.34. The van der Waals surface area contributed by atoms with E-state index in [9.17, 15) is 4.79 Å². The molecule has 0 spiro atoms. The van der Waals surface area contributed by atoms with Crippen molar-refractivity contribution in [2.24, 2.45) is 0 Å². The molecule has 1 aliphatic heterocycles. The summed E-state index contributed by atoms with van der Waals surface area (Å²) in [5, 5.41) is 3.38. The number of carbonyl (C=O) groups excluding carboxylic acids is 1. The second-order valence-corrected chi connectivity index (χ2v) is 10.9. The van der Waals surface area contributed by atoms with Gasteiger partial charge < -0.3 is 0 Å². The number of alkyl halides is 3. The van der Waals surface area contributed by atoms with Gasteiger partial charge in [0.1, 0.15) is 0 Å². The Hall–Kier alpha value is 0.760. The maximum absolute atomic E-state index is 11.4. The van der Waals surface area contributed by atoms with Gasteiger partial charge in [0.25, 0.3) is 0 Å². The summed E-state index contributed by atoms with van der Waals surface area (Å²) in [4.78, 5) is 11.4. The minimum atomic E-state index is -0.0669. The van der Waals surface area contributed by atoms with Crippen molar-refractivity contribution in [3.05, 3.63) is 0 Å². The third-order valence-corrected chi connectivity index (χ3v) is 10.2. The van der Waals surface area contributed by atoms with Crippen molar-refractivity contribution >= 4 is 31.2 Å². The Morgan fingerprint density at radius 2 is 2.47 bits per heavy atom. The van der Waals surface area contributed by atoms with Gasteiger partial charge in [0.15, 0.2) is 0 Å². The monoisotopic (exact) mass is 438 g/mol. The molecular weight excluding hydrogens is 420 g/mol.